The summed E-state index contributed by atoms with van der Waals surface area (Å²) in [5, 5.41) is 0. The molecule has 2 saturated heterocycles. The highest BCUT2D eigenvalue weighted by Gasteiger charge is 2.31. The summed E-state index contributed by atoms with van der Waals surface area (Å²) in [5.74, 6) is 1.61. The zero-order chi connectivity index (χ0) is 15.6. The van der Waals surface area contributed by atoms with Crippen LogP contribution in [0.15, 0.2) is 28.7 Å². The van der Waals surface area contributed by atoms with Crippen molar-refractivity contribution in [2.45, 2.75) is 31.6 Å². The molecule has 3 heterocycles. The lowest BCUT2D eigenvalue weighted by Crippen LogP contribution is -2.42. The fraction of sp³-hybridized carbons (Fsp3) is 0.556. The molecule has 1 amide bonds. The van der Waals surface area contributed by atoms with Gasteiger partial charge in [-0.25, -0.2) is 4.98 Å². The van der Waals surface area contributed by atoms with Gasteiger partial charge in [-0.2, -0.15) is 0 Å². The fourth-order valence-corrected chi connectivity index (χ4v) is 3.61. The van der Waals surface area contributed by atoms with E-state index in [0.29, 0.717) is 11.8 Å². The first-order chi connectivity index (χ1) is 11.3. The van der Waals surface area contributed by atoms with Crippen molar-refractivity contribution in [3.05, 3.63) is 30.2 Å². The summed E-state index contributed by atoms with van der Waals surface area (Å²) in [5.41, 5.74) is 1.77. The molecule has 0 saturated carbocycles. The van der Waals surface area contributed by atoms with Crippen LogP contribution >= 0.6 is 0 Å². The summed E-state index contributed by atoms with van der Waals surface area (Å²) in [6.45, 7) is 3.05. The maximum absolute atomic E-state index is 12.6. The van der Waals surface area contributed by atoms with Crippen molar-refractivity contribution in [1.82, 2.24) is 9.88 Å². The number of para-hydroxylation sites is 2. The van der Waals surface area contributed by atoms with Gasteiger partial charge in [0.15, 0.2) is 11.5 Å². The van der Waals surface area contributed by atoms with Crippen LogP contribution in [-0.2, 0) is 9.53 Å². The van der Waals surface area contributed by atoms with Gasteiger partial charge >= 0.3 is 0 Å². The normalized spacial score (nSPS) is 21.0. The summed E-state index contributed by atoms with van der Waals surface area (Å²) < 4.78 is 11.2. The second-order valence-electron chi connectivity index (χ2n) is 6.51. The van der Waals surface area contributed by atoms with E-state index in [0.717, 1.165) is 69.0 Å². The van der Waals surface area contributed by atoms with E-state index < -0.39 is 0 Å². The molecule has 0 spiro atoms. The SMILES string of the molecule is O=C(C1CCOCC1)N1CCC(c2nc3ccccc3o2)CC1. The summed E-state index contributed by atoms with van der Waals surface area (Å²) in [4.78, 5) is 19.2. The minimum absolute atomic E-state index is 0.157. The highest BCUT2D eigenvalue weighted by atomic mass is 16.5. The molecule has 5 nitrogen and oxygen atoms in total. The predicted octanol–water partition coefficient (Wildman–Crippen LogP) is 2.96. The van der Waals surface area contributed by atoms with Crippen LogP contribution < -0.4 is 0 Å². The number of rotatable bonds is 2. The molecule has 0 N–H and O–H groups in total. The summed E-state index contributed by atoms with van der Waals surface area (Å²) in [6, 6.07) is 7.87. The van der Waals surface area contributed by atoms with Crippen LogP contribution in [0, 0.1) is 5.92 Å². The van der Waals surface area contributed by atoms with Crippen LogP contribution in [0.2, 0.25) is 0 Å². The molecule has 23 heavy (non-hydrogen) atoms. The Kier molecular flexibility index (Phi) is 4.04. The molecule has 0 radical (unpaired) electrons. The first-order valence-corrected chi connectivity index (χ1v) is 8.53. The molecule has 2 aliphatic heterocycles. The van der Waals surface area contributed by atoms with Gasteiger partial charge < -0.3 is 14.1 Å². The average molecular weight is 314 g/mol. The number of carbonyl (C=O) groups excluding carboxylic acids is 1. The number of fused-ring (bicyclic) bond motifs is 1. The minimum atomic E-state index is 0.157. The molecule has 0 atom stereocenters. The van der Waals surface area contributed by atoms with Gasteiger partial charge in [-0.15, -0.1) is 0 Å². The van der Waals surface area contributed by atoms with Crippen LogP contribution in [0.3, 0.4) is 0 Å². The van der Waals surface area contributed by atoms with E-state index in [4.69, 9.17) is 9.15 Å². The highest BCUT2D eigenvalue weighted by Crippen LogP contribution is 2.31. The number of ether oxygens (including phenoxy) is 1. The van der Waals surface area contributed by atoms with Crippen molar-refractivity contribution in [2.24, 2.45) is 5.92 Å². The Morgan fingerprint density at radius 2 is 1.83 bits per heavy atom. The zero-order valence-corrected chi connectivity index (χ0v) is 13.2. The molecule has 0 bridgehead atoms. The lowest BCUT2D eigenvalue weighted by molar-refractivity contribution is -0.139. The predicted molar refractivity (Wildman–Crippen MR) is 86.1 cm³/mol. The average Bonchev–Trinajstić information content (AvgIpc) is 3.06. The van der Waals surface area contributed by atoms with Crippen LogP contribution in [-0.4, -0.2) is 42.1 Å². The van der Waals surface area contributed by atoms with Gasteiger partial charge in [0.05, 0.1) is 0 Å². The number of likely N-dealkylation sites (tertiary alicyclic amines) is 1. The van der Waals surface area contributed by atoms with Crippen LogP contribution in [0.4, 0.5) is 0 Å². The van der Waals surface area contributed by atoms with Crippen molar-refractivity contribution in [3.63, 3.8) is 0 Å². The lowest BCUT2D eigenvalue weighted by atomic mass is 9.93. The van der Waals surface area contributed by atoms with E-state index in [2.05, 4.69) is 4.98 Å². The van der Waals surface area contributed by atoms with Crippen molar-refractivity contribution in [3.8, 4) is 0 Å². The Bertz CT molecular complexity index is 649. The van der Waals surface area contributed by atoms with Crippen LogP contribution in [0.5, 0.6) is 0 Å². The van der Waals surface area contributed by atoms with E-state index in [9.17, 15) is 4.79 Å². The van der Waals surface area contributed by atoms with Crippen molar-refractivity contribution >= 4 is 17.0 Å². The highest BCUT2D eigenvalue weighted by molar-refractivity contribution is 5.79. The van der Waals surface area contributed by atoms with E-state index in [1.807, 2.05) is 29.2 Å². The number of oxazole rings is 1. The Morgan fingerprint density at radius 3 is 2.57 bits per heavy atom. The van der Waals surface area contributed by atoms with Crippen molar-refractivity contribution < 1.29 is 13.9 Å². The number of amides is 1. The molecular weight excluding hydrogens is 292 g/mol. The summed E-state index contributed by atoms with van der Waals surface area (Å²) in [6.07, 6.45) is 3.59. The Balaban J connectivity index is 1.39. The van der Waals surface area contributed by atoms with E-state index in [1.165, 1.54) is 0 Å². The molecule has 1 aromatic carbocycles. The van der Waals surface area contributed by atoms with Gasteiger partial charge in [-0.05, 0) is 37.8 Å². The molecule has 0 unspecified atom stereocenters. The monoisotopic (exact) mass is 314 g/mol. The summed E-state index contributed by atoms with van der Waals surface area (Å²) >= 11 is 0. The maximum atomic E-state index is 12.6. The Labute approximate surface area is 135 Å². The van der Waals surface area contributed by atoms with Crippen LogP contribution in [0.25, 0.3) is 11.1 Å². The topological polar surface area (TPSA) is 55.6 Å². The first kappa shape index (κ1) is 14.7. The van der Waals surface area contributed by atoms with Crippen molar-refractivity contribution in [1.29, 1.82) is 0 Å². The zero-order valence-electron chi connectivity index (χ0n) is 13.2. The largest absolute Gasteiger partial charge is 0.440 e. The number of aromatic nitrogens is 1. The number of benzene rings is 1. The third kappa shape index (κ3) is 2.98. The molecule has 4 rings (SSSR count). The third-order valence-corrected chi connectivity index (χ3v) is 5.04. The van der Waals surface area contributed by atoms with E-state index >= 15 is 0 Å². The smallest absolute Gasteiger partial charge is 0.225 e. The number of carbonyl (C=O) groups is 1. The molecule has 2 aromatic rings. The molecular formula is C18H22N2O3. The second-order valence-corrected chi connectivity index (χ2v) is 6.51. The molecule has 5 heteroatoms. The van der Waals surface area contributed by atoms with Gasteiger partial charge in [-0.3, -0.25) is 4.79 Å². The third-order valence-electron chi connectivity index (χ3n) is 5.04. The van der Waals surface area contributed by atoms with Gasteiger partial charge in [0.25, 0.3) is 0 Å². The quantitative estimate of drug-likeness (QED) is 0.855. The molecule has 2 aliphatic rings. The standard InChI is InChI=1S/C18H22N2O3/c21-18(14-7-11-22-12-8-14)20-9-5-13(6-10-20)17-19-15-3-1-2-4-16(15)23-17/h1-4,13-14H,5-12H2. The number of hydrogen-bond donors (Lipinski definition) is 0. The minimum Gasteiger partial charge on any atom is -0.440 e. The number of nitrogens with zero attached hydrogens (tertiary/aromatic N) is 2. The van der Waals surface area contributed by atoms with Gasteiger partial charge in [0, 0.05) is 38.1 Å². The first-order valence-electron chi connectivity index (χ1n) is 8.53. The maximum Gasteiger partial charge on any atom is 0.225 e. The molecule has 0 aliphatic carbocycles. The number of hydrogen-bond acceptors (Lipinski definition) is 4. The molecule has 1 aromatic heterocycles. The fourth-order valence-electron chi connectivity index (χ4n) is 3.61. The Hall–Kier alpha value is -1.88. The van der Waals surface area contributed by atoms with Crippen molar-refractivity contribution in [2.75, 3.05) is 26.3 Å². The van der Waals surface area contributed by atoms with Gasteiger partial charge in [0.2, 0.25) is 5.91 Å². The lowest BCUT2D eigenvalue weighted by Gasteiger charge is -2.34. The molecule has 2 fully saturated rings. The summed E-state index contributed by atoms with van der Waals surface area (Å²) in [7, 11) is 0. The van der Waals surface area contributed by atoms with E-state index in [-0.39, 0.29) is 5.92 Å². The Morgan fingerprint density at radius 1 is 1.09 bits per heavy atom. The number of piperidine rings is 1. The van der Waals surface area contributed by atoms with Gasteiger partial charge in [0.1, 0.15) is 5.52 Å². The second kappa shape index (κ2) is 6.32. The van der Waals surface area contributed by atoms with E-state index in [1.54, 1.807) is 0 Å². The molecule has 122 valence electrons. The van der Waals surface area contributed by atoms with Gasteiger partial charge in [-0.1, -0.05) is 12.1 Å². The van der Waals surface area contributed by atoms with Crippen LogP contribution in [0.1, 0.15) is 37.5 Å².